The molecular formula is C18H23N3O3S. The number of esters is 1. The number of ether oxygens (including phenoxy) is 2. The normalized spacial score (nSPS) is 15.1. The monoisotopic (exact) mass is 361 g/mol. The van der Waals surface area contributed by atoms with Crippen LogP contribution in [-0.4, -0.2) is 39.7 Å². The molecule has 1 aliphatic rings. The summed E-state index contributed by atoms with van der Waals surface area (Å²) < 4.78 is 12.6. The average molecular weight is 361 g/mol. The number of hydrogen-bond acceptors (Lipinski definition) is 6. The minimum atomic E-state index is -0.175. The molecule has 1 heterocycles. The third-order valence-electron chi connectivity index (χ3n) is 4.35. The molecule has 3 rings (SSSR count). The van der Waals surface area contributed by atoms with E-state index in [0.717, 1.165) is 42.8 Å². The van der Waals surface area contributed by atoms with Crippen LogP contribution in [0.3, 0.4) is 0 Å². The SMILES string of the molecule is COc1ccc(-c2nnc(SCC(=O)OC3CCCCC3)n2C)cc1. The summed E-state index contributed by atoms with van der Waals surface area (Å²) in [4.78, 5) is 12.0. The molecule has 0 aliphatic heterocycles. The van der Waals surface area contributed by atoms with Crippen molar-refractivity contribution in [2.75, 3.05) is 12.9 Å². The lowest BCUT2D eigenvalue weighted by Gasteiger charge is -2.21. The molecule has 134 valence electrons. The number of benzene rings is 1. The fourth-order valence-electron chi connectivity index (χ4n) is 2.96. The van der Waals surface area contributed by atoms with Gasteiger partial charge in [0.1, 0.15) is 11.9 Å². The Morgan fingerprint density at radius 1 is 1.20 bits per heavy atom. The molecule has 0 N–H and O–H groups in total. The lowest BCUT2D eigenvalue weighted by Crippen LogP contribution is -2.22. The van der Waals surface area contributed by atoms with Gasteiger partial charge in [0.25, 0.3) is 0 Å². The van der Waals surface area contributed by atoms with Crippen LogP contribution in [0.1, 0.15) is 32.1 Å². The van der Waals surface area contributed by atoms with Crippen molar-refractivity contribution in [3.05, 3.63) is 24.3 Å². The number of hydrogen-bond donors (Lipinski definition) is 0. The second kappa shape index (κ2) is 8.38. The first-order valence-corrected chi connectivity index (χ1v) is 9.52. The summed E-state index contributed by atoms with van der Waals surface area (Å²) >= 11 is 1.36. The second-order valence-corrected chi connectivity index (χ2v) is 7.07. The van der Waals surface area contributed by atoms with Crippen molar-refractivity contribution in [1.29, 1.82) is 0 Å². The molecule has 7 heteroatoms. The van der Waals surface area contributed by atoms with Gasteiger partial charge in [-0.15, -0.1) is 10.2 Å². The molecule has 0 bridgehead atoms. The Bertz CT molecular complexity index is 709. The Balaban J connectivity index is 1.58. The topological polar surface area (TPSA) is 66.2 Å². The number of rotatable bonds is 6. The zero-order chi connectivity index (χ0) is 17.6. The van der Waals surface area contributed by atoms with Crippen LogP contribution in [0.4, 0.5) is 0 Å². The zero-order valence-corrected chi connectivity index (χ0v) is 15.4. The van der Waals surface area contributed by atoms with Gasteiger partial charge in [-0.3, -0.25) is 4.79 Å². The van der Waals surface area contributed by atoms with E-state index in [4.69, 9.17) is 9.47 Å². The minimum absolute atomic E-state index is 0.0937. The van der Waals surface area contributed by atoms with Gasteiger partial charge >= 0.3 is 5.97 Å². The summed E-state index contributed by atoms with van der Waals surface area (Å²) in [5, 5.41) is 9.13. The van der Waals surface area contributed by atoms with Crippen molar-refractivity contribution < 1.29 is 14.3 Å². The van der Waals surface area contributed by atoms with Crippen LogP contribution in [0, 0.1) is 0 Å². The molecule has 0 saturated heterocycles. The lowest BCUT2D eigenvalue weighted by atomic mass is 9.98. The minimum Gasteiger partial charge on any atom is -0.497 e. The first kappa shape index (κ1) is 17.8. The molecule has 1 aromatic carbocycles. The third-order valence-corrected chi connectivity index (χ3v) is 5.35. The Morgan fingerprint density at radius 3 is 2.60 bits per heavy atom. The summed E-state index contributed by atoms with van der Waals surface area (Å²) in [5.74, 6) is 1.63. The maximum atomic E-state index is 12.0. The van der Waals surface area contributed by atoms with E-state index in [1.54, 1.807) is 7.11 Å². The van der Waals surface area contributed by atoms with E-state index < -0.39 is 0 Å². The van der Waals surface area contributed by atoms with Crippen molar-refractivity contribution in [2.45, 2.75) is 43.4 Å². The Morgan fingerprint density at radius 2 is 1.92 bits per heavy atom. The molecule has 0 radical (unpaired) electrons. The van der Waals surface area contributed by atoms with E-state index in [1.165, 1.54) is 18.2 Å². The Labute approximate surface area is 151 Å². The van der Waals surface area contributed by atoms with Crippen LogP contribution in [0.5, 0.6) is 5.75 Å². The first-order chi connectivity index (χ1) is 12.2. The highest BCUT2D eigenvalue weighted by Gasteiger charge is 2.19. The predicted molar refractivity (Wildman–Crippen MR) is 96.7 cm³/mol. The van der Waals surface area contributed by atoms with Gasteiger partial charge < -0.3 is 14.0 Å². The molecule has 1 fully saturated rings. The highest BCUT2D eigenvalue weighted by atomic mass is 32.2. The molecule has 1 aromatic heterocycles. The van der Waals surface area contributed by atoms with Gasteiger partial charge in [-0.05, 0) is 49.9 Å². The summed E-state index contributed by atoms with van der Waals surface area (Å²) in [5.41, 5.74) is 0.951. The van der Waals surface area contributed by atoms with Crippen molar-refractivity contribution in [3.8, 4) is 17.1 Å². The first-order valence-electron chi connectivity index (χ1n) is 8.53. The molecule has 25 heavy (non-hydrogen) atoms. The molecule has 0 unspecified atom stereocenters. The molecule has 1 aliphatic carbocycles. The number of methoxy groups -OCH3 is 1. The Hall–Kier alpha value is -2.02. The summed E-state index contributed by atoms with van der Waals surface area (Å²) in [7, 11) is 3.53. The Kier molecular flexibility index (Phi) is 5.96. The van der Waals surface area contributed by atoms with Gasteiger partial charge in [0.15, 0.2) is 11.0 Å². The van der Waals surface area contributed by atoms with E-state index in [-0.39, 0.29) is 17.8 Å². The molecule has 0 amide bonds. The fourth-order valence-corrected chi connectivity index (χ4v) is 3.65. The number of aromatic nitrogens is 3. The van der Waals surface area contributed by atoms with Gasteiger partial charge in [0.2, 0.25) is 0 Å². The number of nitrogens with zero attached hydrogens (tertiary/aromatic N) is 3. The summed E-state index contributed by atoms with van der Waals surface area (Å²) in [6.45, 7) is 0. The summed E-state index contributed by atoms with van der Waals surface area (Å²) in [6, 6.07) is 7.65. The zero-order valence-electron chi connectivity index (χ0n) is 14.6. The molecule has 0 atom stereocenters. The van der Waals surface area contributed by atoms with Crippen molar-refractivity contribution >= 4 is 17.7 Å². The smallest absolute Gasteiger partial charge is 0.316 e. The number of thioether (sulfide) groups is 1. The quantitative estimate of drug-likeness (QED) is 0.580. The molecule has 1 saturated carbocycles. The standard InChI is InChI=1S/C18H23N3O3S/c1-21-17(13-8-10-14(23-2)11-9-13)19-20-18(21)25-12-16(22)24-15-6-4-3-5-7-15/h8-11,15H,3-7,12H2,1-2H3. The van der Waals surface area contributed by atoms with E-state index in [0.29, 0.717) is 5.16 Å². The van der Waals surface area contributed by atoms with Crippen molar-refractivity contribution in [1.82, 2.24) is 14.8 Å². The van der Waals surface area contributed by atoms with Crippen LogP contribution in [0.15, 0.2) is 29.4 Å². The van der Waals surface area contributed by atoms with Gasteiger partial charge in [0.05, 0.1) is 12.9 Å². The third kappa shape index (κ3) is 4.54. The van der Waals surface area contributed by atoms with Gasteiger partial charge in [0, 0.05) is 12.6 Å². The number of carbonyl (C=O) groups excluding carboxylic acids is 1. The fraction of sp³-hybridized carbons (Fsp3) is 0.500. The van der Waals surface area contributed by atoms with E-state index in [1.807, 2.05) is 35.9 Å². The maximum Gasteiger partial charge on any atom is 0.316 e. The van der Waals surface area contributed by atoms with Crippen LogP contribution < -0.4 is 4.74 Å². The van der Waals surface area contributed by atoms with Gasteiger partial charge in [-0.2, -0.15) is 0 Å². The largest absolute Gasteiger partial charge is 0.497 e. The van der Waals surface area contributed by atoms with Crippen molar-refractivity contribution in [2.24, 2.45) is 7.05 Å². The second-order valence-electron chi connectivity index (χ2n) is 6.13. The van der Waals surface area contributed by atoms with Gasteiger partial charge in [-0.1, -0.05) is 18.2 Å². The van der Waals surface area contributed by atoms with Crippen LogP contribution in [0.2, 0.25) is 0 Å². The van der Waals surface area contributed by atoms with E-state index >= 15 is 0 Å². The molecule has 2 aromatic rings. The maximum absolute atomic E-state index is 12.0. The summed E-state index contributed by atoms with van der Waals surface area (Å²) in [6.07, 6.45) is 5.62. The average Bonchev–Trinajstić information content (AvgIpc) is 3.01. The van der Waals surface area contributed by atoms with Crippen LogP contribution in [0.25, 0.3) is 11.4 Å². The highest BCUT2D eigenvalue weighted by Crippen LogP contribution is 2.25. The molecule has 0 spiro atoms. The van der Waals surface area contributed by atoms with Crippen LogP contribution >= 0.6 is 11.8 Å². The lowest BCUT2D eigenvalue weighted by molar-refractivity contribution is -0.147. The van der Waals surface area contributed by atoms with E-state index in [2.05, 4.69) is 10.2 Å². The van der Waals surface area contributed by atoms with E-state index in [9.17, 15) is 4.79 Å². The molecule has 6 nitrogen and oxygen atoms in total. The van der Waals surface area contributed by atoms with Crippen molar-refractivity contribution in [3.63, 3.8) is 0 Å². The van der Waals surface area contributed by atoms with Gasteiger partial charge in [-0.25, -0.2) is 0 Å². The number of carbonyl (C=O) groups is 1. The molecular weight excluding hydrogens is 338 g/mol. The van der Waals surface area contributed by atoms with Crippen LogP contribution in [-0.2, 0) is 16.6 Å². The highest BCUT2D eigenvalue weighted by molar-refractivity contribution is 7.99. The predicted octanol–water partition coefficient (Wildman–Crippen LogP) is 3.46.